The highest BCUT2D eigenvalue weighted by Crippen LogP contribution is 2.19. The van der Waals surface area contributed by atoms with Gasteiger partial charge in [-0.05, 0) is 18.0 Å². The smallest absolute Gasteiger partial charge is 0.226 e. The minimum absolute atomic E-state index is 0.0327. The number of hydrogen-bond acceptors (Lipinski definition) is 4. The molecule has 0 aromatic carbocycles. The minimum atomic E-state index is -0.0327. The van der Waals surface area contributed by atoms with Gasteiger partial charge in [0.1, 0.15) is 0 Å². The second kappa shape index (κ2) is 5.14. The molecule has 0 aliphatic carbocycles. The lowest BCUT2D eigenvalue weighted by atomic mass is 10.2. The zero-order valence-electron chi connectivity index (χ0n) is 7.21. The SMILES string of the molecule is CCCCC(=O)Nc1nnc(Cl)s1. The molecule has 1 amide bonds. The summed E-state index contributed by atoms with van der Waals surface area (Å²) in [5.74, 6) is -0.0327. The average Bonchev–Trinajstić information content (AvgIpc) is 2.48. The fraction of sp³-hybridized carbons (Fsp3) is 0.571. The van der Waals surface area contributed by atoms with Crippen LogP contribution >= 0.6 is 22.9 Å². The Morgan fingerprint density at radius 1 is 1.62 bits per heavy atom. The molecule has 4 nitrogen and oxygen atoms in total. The third-order valence-electron chi connectivity index (χ3n) is 1.40. The number of nitrogens with zero attached hydrogens (tertiary/aromatic N) is 2. The van der Waals surface area contributed by atoms with Crippen LogP contribution in [0, 0.1) is 0 Å². The van der Waals surface area contributed by atoms with Crippen molar-refractivity contribution in [3.05, 3.63) is 4.47 Å². The van der Waals surface area contributed by atoms with Gasteiger partial charge in [-0.3, -0.25) is 4.79 Å². The second-order valence-electron chi connectivity index (χ2n) is 2.51. The molecule has 0 aliphatic rings. The van der Waals surface area contributed by atoms with Crippen molar-refractivity contribution in [1.82, 2.24) is 10.2 Å². The summed E-state index contributed by atoms with van der Waals surface area (Å²) in [6.45, 7) is 2.04. The maximum atomic E-state index is 11.2. The molecule has 0 unspecified atom stereocenters. The number of unbranched alkanes of at least 4 members (excludes halogenated alkanes) is 1. The molecular weight excluding hydrogens is 210 g/mol. The van der Waals surface area contributed by atoms with E-state index in [-0.39, 0.29) is 5.91 Å². The van der Waals surface area contributed by atoms with E-state index in [1.807, 2.05) is 6.92 Å². The Balaban J connectivity index is 2.36. The summed E-state index contributed by atoms with van der Waals surface area (Å²) < 4.78 is 0.339. The van der Waals surface area contributed by atoms with Crippen molar-refractivity contribution in [1.29, 1.82) is 0 Å². The van der Waals surface area contributed by atoms with Crippen molar-refractivity contribution in [3.8, 4) is 0 Å². The number of anilines is 1. The summed E-state index contributed by atoms with van der Waals surface area (Å²) >= 11 is 6.70. The molecule has 6 heteroatoms. The molecule has 0 saturated heterocycles. The van der Waals surface area contributed by atoms with Crippen LogP contribution in [0.15, 0.2) is 0 Å². The first kappa shape index (κ1) is 10.4. The highest BCUT2D eigenvalue weighted by Gasteiger charge is 2.05. The quantitative estimate of drug-likeness (QED) is 0.846. The third-order valence-corrected chi connectivity index (χ3v) is 2.34. The van der Waals surface area contributed by atoms with Crippen molar-refractivity contribution in [2.24, 2.45) is 0 Å². The van der Waals surface area contributed by atoms with Crippen LogP contribution in [0.2, 0.25) is 4.47 Å². The first-order valence-corrected chi connectivity index (χ1v) is 5.20. The van der Waals surface area contributed by atoms with E-state index in [0.717, 1.165) is 24.2 Å². The van der Waals surface area contributed by atoms with Gasteiger partial charge in [0.25, 0.3) is 0 Å². The molecule has 1 rings (SSSR count). The molecule has 0 radical (unpaired) electrons. The Kier molecular flexibility index (Phi) is 4.11. The first-order chi connectivity index (χ1) is 6.22. The lowest BCUT2D eigenvalue weighted by molar-refractivity contribution is -0.116. The van der Waals surface area contributed by atoms with Gasteiger partial charge < -0.3 is 5.32 Å². The van der Waals surface area contributed by atoms with Crippen molar-refractivity contribution in [2.75, 3.05) is 5.32 Å². The van der Waals surface area contributed by atoms with Gasteiger partial charge in [-0.2, -0.15) is 0 Å². The number of rotatable bonds is 4. The van der Waals surface area contributed by atoms with E-state index in [1.54, 1.807) is 0 Å². The first-order valence-electron chi connectivity index (χ1n) is 4.01. The minimum Gasteiger partial charge on any atom is -0.300 e. The monoisotopic (exact) mass is 219 g/mol. The molecule has 1 heterocycles. The van der Waals surface area contributed by atoms with Crippen LogP contribution in [0.25, 0.3) is 0 Å². The van der Waals surface area contributed by atoms with Crippen LogP contribution in [0.3, 0.4) is 0 Å². The number of halogens is 1. The van der Waals surface area contributed by atoms with E-state index in [9.17, 15) is 4.79 Å². The van der Waals surface area contributed by atoms with Crippen LogP contribution in [0.1, 0.15) is 26.2 Å². The van der Waals surface area contributed by atoms with E-state index >= 15 is 0 Å². The van der Waals surface area contributed by atoms with Crippen molar-refractivity contribution >= 4 is 34.0 Å². The summed E-state index contributed by atoms with van der Waals surface area (Å²) in [6.07, 6.45) is 2.41. The normalized spacial score (nSPS) is 10.0. The fourth-order valence-electron chi connectivity index (χ4n) is 0.775. The number of nitrogens with one attached hydrogen (secondary N) is 1. The molecular formula is C7H10ClN3OS. The summed E-state index contributed by atoms with van der Waals surface area (Å²) in [6, 6.07) is 0. The molecule has 1 aromatic heterocycles. The Labute approximate surface area is 85.3 Å². The van der Waals surface area contributed by atoms with Gasteiger partial charge in [-0.1, -0.05) is 24.7 Å². The molecule has 72 valence electrons. The Hall–Kier alpha value is -0.680. The number of amides is 1. The number of hydrogen-bond donors (Lipinski definition) is 1. The molecule has 13 heavy (non-hydrogen) atoms. The Morgan fingerprint density at radius 3 is 2.92 bits per heavy atom. The predicted molar refractivity (Wildman–Crippen MR) is 53.1 cm³/mol. The highest BCUT2D eigenvalue weighted by molar-refractivity contribution is 7.19. The summed E-state index contributed by atoms with van der Waals surface area (Å²) in [5.41, 5.74) is 0. The maximum Gasteiger partial charge on any atom is 0.226 e. The highest BCUT2D eigenvalue weighted by atomic mass is 35.5. The third kappa shape index (κ3) is 3.69. The molecule has 0 bridgehead atoms. The molecule has 1 aromatic rings. The summed E-state index contributed by atoms with van der Waals surface area (Å²) in [4.78, 5) is 11.2. The molecule has 0 saturated carbocycles. The summed E-state index contributed by atoms with van der Waals surface area (Å²) in [5, 5.41) is 10.3. The Morgan fingerprint density at radius 2 is 2.38 bits per heavy atom. The van der Waals surface area contributed by atoms with Crippen LogP contribution in [0.4, 0.5) is 5.13 Å². The topological polar surface area (TPSA) is 54.9 Å². The second-order valence-corrected chi connectivity index (χ2v) is 4.07. The van der Waals surface area contributed by atoms with Crippen LogP contribution in [-0.2, 0) is 4.79 Å². The Bertz CT molecular complexity index is 289. The summed E-state index contributed by atoms with van der Waals surface area (Å²) in [7, 11) is 0. The zero-order valence-corrected chi connectivity index (χ0v) is 8.78. The van der Waals surface area contributed by atoms with E-state index in [4.69, 9.17) is 11.6 Å². The van der Waals surface area contributed by atoms with E-state index in [1.165, 1.54) is 0 Å². The molecule has 0 aliphatic heterocycles. The van der Waals surface area contributed by atoms with E-state index in [0.29, 0.717) is 16.0 Å². The van der Waals surface area contributed by atoms with E-state index in [2.05, 4.69) is 15.5 Å². The molecule has 0 atom stereocenters. The van der Waals surface area contributed by atoms with Gasteiger partial charge in [0.15, 0.2) is 0 Å². The average molecular weight is 220 g/mol. The molecule has 0 spiro atoms. The van der Waals surface area contributed by atoms with Crippen molar-refractivity contribution in [2.45, 2.75) is 26.2 Å². The van der Waals surface area contributed by atoms with Crippen LogP contribution < -0.4 is 5.32 Å². The molecule has 1 N–H and O–H groups in total. The van der Waals surface area contributed by atoms with Crippen LogP contribution in [0.5, 0.6) is 0 Å². The van der Waals surface area contributed by atoms with Crippen molar-refractivity contribution < 1.29 is 4.79 Å². The van der Waals surface area contributed by atoms with Gasteiger partial charge in [-0.15, -0.1) is 10.2 Å². The number of aromatic nitrogens is 2. The van der Waals surface area contributed by atoms with Crippen LogP contribution in [-0.4, -0.2) is 16.1 Å². The van der Waals surface area contributed by atoms with Crippen molar-refractivity contribution in [3.63, 3.8) is 0 Å². The lowest BCUT2D eigenvalue weighted by Gasteiger charge is -1.97. The predicted octanol–water partition coefficient (Wildman–Crippen LogP) is 2.32. The molecule has 0 fully saturated rings. The zero-order chi connectivity index (χ0) is 9.68. The van der Waals surface area contributed by atoms with Gasteiger partial charge in [0.2, 0.25) is 15.5 Å². The lowest BCUT2D eigenvalue weighted by Crippen LogP contribution is -2.10. The standard InChI is InChI=1S/C7H10ClN3OS/c1-2-3-4-5(12)9-7-11-10-6(8)13-7/h2-4H2,1H3,(H,9,11,12). The van der Waals surface area contributed by atoms with Gasteiger partial charge >= 0.3 is 0 Å². The largest absolute Gasteiger partial charge is 0.300 e. The number of carbonyl (C=O) groups is 1. The fourth-order valence-corrected chi connectivity index (χ4v) is 1.52. The number of carbonyl (C=O) groups excluding carboxylic acids is 1. The van der Waals surface area contributed by atoms with Gasteiger partial charge in [-0.25, -0.2) is 0 Å². The van der Waals surface area contributed by atoms with E-state index < -0.39 is 0 Å². The van der Waals surface area contributed by atoms with Gasteiger partial charge in [0, 0.05) is 6.42 Å². The maximum absolute atomic E-state index is 11.2. The van der Waals surface area contributed by atoms with Gasteiger partial charge in [0.05, 0.1) is 0 Å².